The molecule has 0 unspecified atom stereocenters. The van der Waals surface area contributed by atoms with E-state index in [1.807, 2.05) is 38.1 Å². The van der Waals surface area contributed by atoms with Crippen molar-refractivity contribution >= 4 is 23.3 Å². The van der Waals surface area contributed by atoms with E-state index in [2.05, 4.69) is 15.1 Å². The minimum atomic E-state index is -0.257. The van der Waals surface area contributed by atoms with Crippen LogP contribution in [0.2, 0.25) is 5.02 Å². The smallest absolute Gasteiger partial charge is 0.293 e. The number of carbonyl (C=O) groups excluding carboxylic acids is 1. The lowest BCUT2D eigenvalue weighted by molar-refractivity contribution is 0.0773. The van der Waals surface area contributed by atoms with Crippen LogP contribution in [-0.4, -0.2) is 37.4 Å². The number of benzene rings is 1. The van der Waals surface area contributed by atoms with Crippen molar-refractivity contribution in [1.82, 2.24) is 24.5 Å². The molecule has 0 saturated carbocycles. The molecule has 3 aromatic rings. The molecule has 0 atom stereocenters. The number of carbonyl (C=O) groups is 1. The molecule has 1 amide bonds. The molecule has 0 N–H and O–H groups in total. The van der Waals surface area contributed by atoms with Crippen molar-refractivity contribution in [3.05, 3.63) is 58.1 Å². The minimum absolute atomic E-state index is 0.135. The summed E-state index contributed by atoms with van der Waals surface area (Å²) in [5, 5.41) is 4.90. The van der Waals surface area contributed by atoms with Crippen LogP contribution in [0.3, 0.4) is 0 Å². The molecule has 0 aliphatic rings. The predicted molar refractivity (Wildman–Crippen MR) is 87.5 cm³/mol. The zero-order chi connectivity index (χ0) is 16.6. The van der Waals surface area contributed by atoms with E-state index in [4.69, 9.17) is 11.6 Å². The van der Waals surface area contributed by atoms with Crippen LogP contribution in [0.15, 0.2) is 30.3 Å². The Morgan fingerprint density at radius 2 is 2.04 bits per heavy atom. The lowest BCUT2D eigenvalue weighted by Gasteiger charge is -2.15. The Morgan fingerprint density at radius 3 is 2.78 bits per heavy atom. The molecule has 6 nitrogen and oxygen atoms in total. The first-order chi connectivity index (χ1) is 10.9. The molecule has 0 aliphatic carbocycles. The fourth-order valence-corrected chi connectivity index (χ4v) is 2.62. The van der Waals surface area contributed by atoms with Crippen LogP contribution in [0.25, 0.3) is 5.78 Å². The number of amides is 1. The van der Waals surface area contributed by atoms with Crippen molar-refractivity contribution in [2.75, 3.05) is 7.05 Å². The Balaban J connectivity index is 1.86. The van der Waals surface area contributed by atoms with Crippen molar-refractivity contribution < 1.29 is 4.79 Å². The van der Waals surface area contributed by atoms with E-state index in [1.54, 1.807) is 22.5 Å². The van der Waals surface area contributed by atoms with Gasteiger partial charge >= 0.3 is 0 Å². The highest BCUT2D eigenvalue weighted by atomic mass is 35.5. The van der Waals surface area contributed by atoms with Crippen molar-refractivity contribution in [3.63, 3.8) is 0 Å². The summed E-state index contributed by atoms with van der Waals surface area (Å²) in [6.45, 7) is 4.22. The molecule has 0 radical (unpaired) electrons. The van der Waals surface area contributed by atoms with E-state index in [0.717, 1.165) is 17.0 Å². The van der Waals surface area contributed by atoms with Gasteiger partial charge in [-0.05, 0) is 37.6 Å². The van der Waals surface area contributed by atoms with Crippen LogP contribution >= 0.6 is 11.6 Å². The summed E-state index contributed by atoms with van der Waals surface area (Å²) in [4.78, 5) is 22.6. The van der Waals surface area contributed by atoms with Crippen LogP contribution in [0.4, 0.5) is 0 Å². The summed E-state index contributed by atoms with van der Waals surface area (Å²) in [6.07, 6.45) is 0. The quantitative estimate of drug-likeness (QED) is 0.741. The van der Waals surface area contributed by atoms with Crippen molar-refractivity contribution in [2.24, 2.45) is 0 Å². The van der Waals surface area contributed by atoms with E-state index in [-0.39, 0.29) is 11.7 Å². The van der Waals surface area contributed by atoms with E-state index >= 15 is 0 Å². The number of hydrogen-bond acceptors (Lipinski definition) is 4. The number of halogens is 1. The summed E-state index contributed by atoms with van der Waals surface area (Å²) in [5.74, 6) is 0.310. The van der Waals surface area contributed by atoms with Gasteiger partial charge in [0.25, 0.3) is 11.7 Å². The van der Waals surface area contributed by atoms with Gasteiger partial charge in [-0.15, -0.1) is 5.10 Å². The molecular weight excluding hydrogens is 314 g/mol. The van der Waals surface area contributed by atoms with Crippen LogP contribution in [-0.2, 0) is 6.54 Å². The normalized spacial score (nSPS) is 11.0. The molecule has 0 bridgehead atoms. The van der Waals surface area contributed by atoms with Gasteiger partial charge in [0, 0.05) is 30.0 Å². The van der Waals surface area contributed by atoms with E-state index in [1.165, 1.54) is 0 Å². The van der Waals surface area contributed by atoms with Crippen molar-refractivity contribution in [1.29, 1.82) is 0 Å². The largest absolute Gasteiger partial charge is 0.335 e. The van der Waals surface area contributed by atoms with Gasteiger partial charge in [0.05, 0.1) is 0 Å². The predicted octanol–water partition coefficient (Wildman–Crippen LogP) is 2.67. The Labute approximate surface area is 138 Å². The summed E-state index contributed by atoms with van der Waals surface area (Å²) in [5.41, 5.74) is 2.67. The van der Waals surface area contributed by atoms with E-state index < -0.39 is 0 Å². The minimum Gasteiger partial charge on any atom is -0.335 e. The molecule has 118 valence electrons. The average molecular weight is 330 g/mol. The Bertz CT molecular complexity index is 889. The van der Waals surface area contributed by atoms with Gasteiger partial charge in [-0.3, -0.25) is 4.79 Å². The molecule has 2 aromatic heterocycles. The zero-order valence-corrected chi connectivity index (χ0v) is 13.9. The fourth-order valence-electron chi connectivity index (χ4n) is 2.41. The molecular formula is C16H16ClN5O. The second-order valence-corrected chi connectivity index (χ2v) is 5.91. The number of aryl methyl sites for hydroxylation is 2. The Hall–Kier alpha value is -2.47. The fraction of sp³-hybridized carbons (Fsp3) is 0.250. The highest BCUT2D eigenvalue weighted by Crippen LogP contribution is 2.13. The maximum Gasteiger partial charge on any atom is 0.293 e. The third-order valence-electron chi connectivity index (χ3n) is 3.47. The van der Waals surface area contributed by atoms with Crippen LogP contribution < -0.4 is 0 Å². The molecule has 3 rings (SSSR count). The summed E-state index contributed by atoms with van der Waals surface area (Å²) < 4.78 is 1.58. The van der Waals surface area contributed by atoms with Crippen LogP contribution in [0, 0.1) is 13.8 Å². The standard InChI is InChI=1S/C16H16ClN5O/c1-10-7-11(2)22-16(18-10)19-14(20-22)15(23)21(3)9-12-5-4-6-13(17)8-12/h4-8H,9H2,1-3H3. The molecule has 0 saturated heterocycles. The topological polar surface area (TPSA) is 63.4 Å². The number of aromatic nitrogens is 4. The monoisotopic (exact) mass is 329 g/mol. The summed E-state index contributed by atoms with van der Waals surface area (Å²) in [6, 6.07) is 9.30. The third-order valence-corrected chi connectivity index (χ3v) is 3.70. The second-order valence-electron chi connectivity index (χ2n) is 5.48. The highest BCUT2D eigenvalue weighted by Gasteiger charge is 2.19. The molecule has 7 heteroatoms. The zero-order valence-electron chi connectivity index (χ0n) is 13.1. The highest BCUT2D eigenvalue weighted by molar-refractivity contribution is 6.30. The Morgan fingerprint density at radius 1 is 1.26 bits per heavy atom. The molecule has 0 aliphatic heterocycles. The molecule has 23 heavy (non-hydrogen) atoms. The first-order valence-electron chi connectivity index (χ1n) is 7.15. The Kier molecular flexibility index (Phi) is 4.00. The molecule has 0 fully saturated rings. The van der Waals surface area contributed by atoms with Gasteiger partial charge in [0.1, 0.15) is 0 Å². The lowest BCUT2D eigenvalue weighted by Crippen LogP contribution is -2.27. The first-order valence-corrected chi connectivity index (χ1v) is 7.53. The van der Waals surface area contributed by atoms with Gasteiger partial charge in [-0.2, -0.15) is 4.98 Å². The maximum atomic E-state index is 12.5. The number of hydrogen-bond donors (Lipinski definition) is 0. The summed E-state index contributed by atoms with van der Waals surface area (Å²) in [7, 11) is 1.71. The van der Waals surface area contributed by atoms with Crippen LogP contribution in [0.1, 0.15) is 27.6 Å². The number of fused-ring (bicyclic) bond motifs is 1. The molecule has 2 heterocycles. The lowest BCUT2D eigenvalue weighted by atomic mass is 10.2. The van der Waals surface area contributed by atoms with Gasteiger partial charge in [-0.1, -0.05) is 23.7 Å². The second kappa shape index (κ2) is 5.96. The summed E-state index contributed by atoms with van der Waals surface area (Å²) >= 11 is 5.97. The first kappa shape index (κ1) is 15.4. The van der Waals surface area contributed by atoms with Gasteiger partial charge in [-0.25, -0.2) is 9.50 Å². The van der Waals surface area contributed by atoms with Gasteiger partial charge in [0.2, 0.25) is 5.82 Å². The van der Waals surface area contributed by atoms with E-state index in [0.29, 0.717) is 17.3 Å². The van der Waals surface area contributed by atoms with Gasteiger partial charge < -0.3 is 4.90 Å². The van der Waals surface area contributed by atoms with Gasteiger partial charge in [0.15, 0.2) is 0 Å². The van der Waals surface area contributed by atoms with E-state index in [9.17, 15) is 4.79 Å². The van der Waals surface area contributed by atoms with Crippen LogP contribution in [0.5, 0.6) is 0 Å². The third kappa shape index (κ3) is 3.17. The number of nitrogens with zero attached hydrogens (tertiary/aromatic N) is 5. The molecule has 0 spiro atoms. The van der Waals surface area contributed by atoms with Crippen molar-refractivity contribution in [3.8, 4) is 0 Å². The SMILES string of the molecule is Cc1cc(C)n2nc(C(=O)N(C)Cc3cccc(Cl)c3)nc2n1. The maximum absolute atomic E-state index is 12.5. The number of rotatable bonds is 3. The van der Waals surface area contributed by atoms with Crippen molar-refractivity contribution in [2.45, 2.75) is 20.4 Å². The average Bonchev–Trinajstić information content (AvgIpc) is 2.90. The molecule has 1 aromatic carbocycles.